The lowest BCUT2D eigenvalue weighted by molar-refractivity contribution is 0.413. The lowest BCUT2D eigenvalue weighted by Gasteiger charge is -2.11. The zero-order valence-electron chi connectivity index (χ0n) is 10.7. The molecule has 2 aromatic rings. The third-order valence-corrected chi connectivity index (χ3v) is 2.72. The maximum absolute atomic E-state index is 13.0. The molecule has 96 valence electrons. The molecule has 1 N–H and O–H groups in total. The molecule has 0 amide bonds. The molecule has 0 radical (unpaired) electrons. The highest BCUT2D eigenvalue weighted by atomic mass is 19.1. The SMILES string of the molecule is COc1cc(F)ccc1NCc1cc(C)nn1C. The molecule has 0 aliphatic heterocycles. The Morgan fingerprint density at radius 3 is 2.78 bits per heavy atom. The van der Waals surface area contributed by atoms with Crippen molar-refractivity contribution >= 4 is 5.69 Å². The van der Waals surface area contributed by atoms with Crippen LogP contribution in [-0.2, 0) is 13.6 Å². The van der Waals surface area contributed by atoms with Crippen LogP contribution in [0.3, 0.4) is 0 Å². The van der Waals surface area contributed by atoms with E-state index >= 15 is 0 Å². The summed E-state index contributed by atoms with van der Waals surface area (Å²) in [5.41, 5.74) is 2.79. The quantitative estimate of drug-likeness (QED) is 0.904. The monoisotopic (exact) mass is 249 g/mol. The van der Waals surface area contributed by atoms with E-state index in [2.05, 4.69) is 10.4 Å². The summed E-state index contributed by atoms with van der Waals surface area (Å²) in [4.78, 5) is 0. The van der Waals surface area contributed by atoms with Gasteiger partial charge in [-0.15, -0.1) is 0 Å². The lowest BCUT2D eigenvalue weighted by atomic mass is 10.2. The first-order valence-electron chi connectivity index (χ1n) is 5.67. The van der Waals surface area contributed by atoms with Crippen LogP contribution < -0.4 is 10.1 Å². The summed E-state index contributed by atoms with van der Waals surface area (Å²) in [6.45, 7) is 2.56. The number of methoxy groups -OCH3 is 1. The summed E-state index contributed by atoms with van der Waals surface area (Å²) >= 11 is 0. The number of halogens is 1. The number of aryl methyl sites for hydroxylation is 2. The molecule has 0 unspecified atom stereocenters. The Morgan fingerprint density at radius 1 is 1.39 bits per heavy atom. The smallest absolute Gasteiger partial charge is 0.144 e. The number of hydrogen-bond donors (Lipinski definition) is 1. The van der Waals surface area contributed by atoms with E-state index < -0.39 is 0 Å². The first-order chi connectivity index (χ1) is 8.60. The van der Waals surface area contributed by atoms with E-state index in [9.17, 15) is 4.39 Å². The van der Waals surface area contributed by atoms with Gasteiger partial charge in [-0.3, -0.25) is 4.68 Å². The van der Waals surface area contributed by atoms with Gasteiger partial charge in [0.25, 0.3) is 0 Å². The topological polar surface area (TPSA) is 39.1 Å². The molecular weight excluding hydrogens is 233 g/mol. The fraction of sp³-hybridized carbons (Fsp3) is 0.308. The summed E-state index contributed by atoms with van der Waals surface area (Å²) in [6, 6.07) is 6.43. The van der Waals surface area contributed by atoms with Crippen LogP contribution in [0, 0.1) is 12.7 Å². The molecule has 0 saturated heterocycles. The Kier molecular flexibility index (Phi) is 3.50. The second-order valence-corrected chi connectivity index (χ2v) is 4.10. The summed E-state index contributed by atoms with van der Waals surface area (Å²) in [5, 5.41) is 7.47. The molecule has 0 atom stereocenters. The summed E-state index contributed by atoms with van der Waals surface area (Å²) < 4.78 is 20.0. The highest BCUT2D eigenvalue weighted by Gasteiger charge is 2.06. The third-order valence-electron chi connectivity index (χ3n) is 2.72. The number of hydrogen-bond acceptors (Lipinski definition) is 3. The van der Waals surface area contributed by atoms with Gasteiger partial charge in [-0.2, -0.15) is 5.10 Å². The van der Waals surface area contributed by atoms with Gasteiger partial charge in [0, 0.05) is 13.1 Å². The van der Waals surface area contributed by atoms with E-state index in [0.717, 1.165) is 17.1 Å². The van der Waals surface area contributed by atoms with Crippen LogP contribution in [0.5, 0.6) is 5.75 Å². The minimum atomic E-state index is -0.311. The molecule has 0 aliphatic rings. The van der Waals surface area contributed by atoms with Gasteiger partial charge in [0.1, 0.15) is 11.6 Å². The number of ether oxygens (including phenoxy) is 1. The second kappa shape index (κ2) is 5.08. The number of benzene rings is 1. The number of anilines is 1. The normalized spacial score (nSPS) is 10.4. The van der Waals surface area contributed by atoms with Crippen LogP contribution in [0.15, 0.2) is 24.3 Å². The van der Waals surface area contributed by atoms with Gasteiger partial charge in [-0.1, -0.05) is 0 Å². The fourth-order valence-corrected chi connectivity index (χ4v) is 1.83. The number of aromatic nitrogens is 2. The van der Waals surface area contributed by atoms with Crippen molar-refractivity contribution in [2.24, 2.45) is 7.05 Å². The molecule has 4 nitrogen and oxygen atoms in total. The second-order valence-electron chi connectivity index (χ2n) is 4.10. The number of nitrogens with zero attached hydrogens (tertiary/aromatic N) is 2. The maximum atomic E-state index is 13.0. The highest BCUT2D eigenvalue weighted by molar-refractivity contribution is 5.56. The minimum absolute atomic E-state index is 0.311. The predicted molar refractivity (Wildman–Crippen MR) is 68.2 cm³/mol. The minimum Gasteiger partial charge on any atom is -0.494 e. The number of nitrogens with one attached hydrogen (secondary N) is 1. The first-order valence-corrected chi connectivity index (χ1v) is 5.67. The van der Waals surface area contributed by atoms with Gasteiger partial charge in [0.2, 0.25) is 0 Å². The fourth-order valence-electron chi connectivity index (χ4n) is 1.83. The Hall–Kier alpha value is -2.04. The van der Waals surface area contributed by atoms with E-state index in [1.54, 1.807) is 6.07 Å². The van der Waals surface area contributed by atoms with Gasteiger partial charge in [-0.05, 0) is 25.1 Å². The van der Waals surface area contributed by atoms with Crippen LogP contribution in [0.25, 0.3) is 0 Å². The van der Waals surface area contributed by atoms with Gasteiger partial charge in [0.15, 0.2) is 0 Å². The van der Waals surface area contributed by atoms with Crippen LogP contribution in [0.1, 0.15) is 11.4 Å². The van der Waals surface area contributed by atoms with Crippen molar-refractivity contribution in [3.8, 4) is 5.75 Å². The zero-order valence-corrected chi connectivity index (χ0v) is 10.7. The highest BCUT2D eigenvalue weighted by Crippen LogP contribution is 2.25. The average molecular weight is 249 g/mol. The Bertz CT molecular complexity index is 551. The first kappa shape index (κ1) is 12.4. The van der Waals surface area contributed by atoms with Gasteiger partial charge in [-0.25, -0.2) is 4.39 Å². The average Bonchev–Trinajstić information content (AvgIpc) is 2.66. The van der Waals surface area contributed by atoms with Crippen molar-refractivity contribution in [1.29, 1.82) is 0 Å². The molecule has 2 rings (SSSR count). The molecule has 18 heavy (non-hydrogen) atoms. The molecule has 5 heteroatoms. The molecule has 0 saturated carbocycles. The van der Waals surface area contributed by atoms with Gasteiger partial charge >= 0.3 is 0 Å². The predicted octanol–water partition coefficient (Wildman–Crippen LogP) is 2.49. The van der Waals surface area contributed by atoms with Gasteiger partial charge < -0.3 is 10.1 Å². The molecule has 1 aromatic heterocycles. The van der Waals surface area contributed by atoms with Crippen molar-refractivity contribution in [2.45, 2.75) is 13.5 Å². The summed E-state index contributed by atoms with van der Waals surface area (Å²) in [5.74, 6) is 0.183. The van der Waals surface area contributed by atoms with Crippen molar-refractivity contribution in [3.63, 3.8) is 0 Å². The molecule has 0 bridgehead atoms. The third kappa shape index (κ3) is 2.61. The van der Waals surface area contributed by atoms with E-state index in [1.807, 2.05) is 24.7 Å². The Balaban J connectivity index is 2.13. The molecule has 0 fully saturated rings. The van der Waals surface area contributed by atoms with Crippen LogP contribution >= 0.6 is 0 Å². The van der Waals surface area contributed by atoms with Crippen molar-refractivity contribution in [2.75, 3.05) is 12.4 Å². The molecule has 1 aromatic carbocycles. The molecule has 0 aliphatic carbocycles. The Labute approximate surface area is 105 Å². The summed E-state index contributed by atoms with van der Waals surface area (Å²) in [7, 11) is 3.42. The largest absolute Gasteiger partial charge is 0.494 e. The van der Waals surface area contributed by atoms with Crippen LogP contribution in [0.2, 0.25) is 0 Å². The van der Waals surface area contributed by atoms with Crippen molar-refractivity contribution in [3.05, 3.63) is 41.5 Å². The molecule has 1 heterocycles. The zero-order chi connectivity index (χ0) is 13.1. The van der Waals surface area contributed by atoms with E-state index in [4.69, 9.17) is 4.74 Å². The molecule has 0 spiro atoms. The standard InChI is InChI=1S/C13H16FN3O/c1-9-6-11(17(2)16-9)8-15-12-5-4-10(14)7-13(12)18-3/h4-7,15H,8H2,1-3H3. The van der Waals surface area contributed by atoms with Crippen LogP contribution in [0.4, 0.5) is 10.1 Å². The van der Waals surface area contributed by atoms with E-state index in [0.29, 0.717) is 12.3 Å². The van der Waals surface area contributed by atoms with Crippen LogP contribution in [-0.4, -0.2) is 16.9 Å². The molecular formula is C13H16FN3O. The van der Waals surface area contributed by atoms with Crippen molar-refractivity contribution in [1.82, 2.24) is 9.78 Å². The lowest BCUT2D eigenvalue weighted by Crippen LogP contribution is -2.06. The van der Waals surface area contributed by atoms with Gasteiger partial charge in [0.05, 0.1) is 30.7 Å². The Morgan fingerprint density at radius 2 is 2.17 bits per heavy atom. The number of rotatable bonds is 4. The van der Waals surface area contributed by atoms with E-state index in [1.165, 1.54) is 19.2 Å². The summed E-state index contributed by atoms with van der Waals surface area (Å²) in [6.07, 6.45) is 0. The van der Waals surface area contributed by atoms with E-state index in [-0.39, 0.29) is 5.82 Å². The maximum Gasteiger partial charge on any atom is 0.144 e. The van der Waals surface area contributed by atoms with Crippen molar-refractivity contribution < 1.29 is 9.13 Å².